The maximum atomic E-state index is 5.42. The highest BCUT2D eigenvalue weighted by Crippen LogP contribution is 2.55. The molecule has 6 nitrogen and oxygen atoms in total. The van der Waals surface area contributed by atoms with Crippen LogP contribution < -0.4 is 10.2 Å². The molecule has 10 rings (SSSR count). The molecule has 5 unspecified atom stereocenters. The number of allylic oxidation sites excluding steroid dienone is 11. The number of fused-ring (bicyclic) bond motifs is 3. The van der Waals surface area contributed by atoms with E-state index in [0.717, 1.165) is 80.3 Å². The Morgan fingerprint density at radius 1 is 0.821 bits per heavy atom. The molecule has 0 amide bonds. The molecule has 1 N–H and O–H groups in total. The number of aromatic nitrogens is 4. The van der Waals surface area contributed by atoms with E-state index in [-0.39, 0.29) is 11.5 Å². The first-order chi connectivity index (χ1) is 27.5. The van der Waals surface area contributed by atoms with Crippen LogP contribution in [0.2, 0.25) is 0 Å². The Hall–Kier alpha value is -6.40. The van der Waals surface area contributed by atoms with Crippen LogP contribution in [0.5, 0.6) is 0 Å². The third-order valence-electron chi connectivity index (χ3n) is 12.3. The summed E-state index contributed by atoms with van der Waals surface area (Å²) in [6.07, 6.45) is 27.2. The van der Waals surface area contributed by atoms with Crippen LogP contribution in [0.25, 0.3) is 50.5 Å². The maximum absolute atomic E-state index is 5.42. The van der Waals surface area contributed by atoms with Gasteiger partial charge in [-0.25, -0.2) is 9.97 Å². The summed E-state index contributed by atoms with van der Waals surface area (Å²) in [6, 6.07) is 32.5. The van der Waals surface area contributed by atoms with Gasteiger partial charge in [-0.3, -0.25) is 4.57 Å². The summed E-state index contributed by atoms with van der Waals surface area (Å²) in [7, 11) is 0. The minimum atomic E-state index is -0.631. The second-order valence-corrected chi connectivity index (χ2v) is 15.7. The van der Waals surface area contributed by atoms with Crippen molar-refractivity contribution in [3.05, 3.63) is 177 Å². The zero-order valence-corrected chi connectivity index (χ0v) is 32.0. The summed E-state index contributed by atoms with van der Waals surface area (Å²) < 4.78 is 4.73. The molecule has 3 heterocycles. The van der Waals surface area contributed by atoms with E-state index >= 15 is 0 Å². The number of nitrogens with zero attached hydrogens (tertiary/aromatic N) is 5. The fourth-order valence-electron chi connectivity index (χ4n) is 9.10. The summed E-state index contributed by atoms with van der Waals surface area (Å²) in [6.45, 7) is 13.0. The van der Waals surface area contributed by atoms with E-state index in [9.17, 15) is 0 Å². The van der Waals surface area contributed by atoms with Crippen molar-refractivity contribution in [2.45, 2.75) is 44.3 Å². The van der Waals surface area contributed by atoms with Crippen molar-refractivity contribution in [1.29, 1.82) is 0 Å². The predicted molar refractivity (Wildman–Crippen MR) is 233 cm³/mol. The number of anilines is 2. The molecular weight excluding hydrogens is 685 g/mol. The molecule has 3 aliphatic carbocycles. The van der Waals surface area contributed by atoms with Crippen LogP contribution in [0.3, 0.4) is 0 Å². The SMILES string of the molecule is C=CC1CC1(C=C)n1c(-c2cc(-c3nc4ccccc4n3C3=CCC=CC=C3)cc(C3(C)Nc4ccccc4N3/C=C/C3CC3/C=C\C)c2)nc2ccccc21. The third kappa shape index (κ3) is 5.38. The molecule has 276 valence electrons. The van der Waals surface area contributed by atoms with E-state index in [4.69, 9.17) is 9.97 Å². The van der Waals surface area contributed by atoms with E-state index in [0.29, 0.717) is 11.8 Å². The Bertz CT molecular complexity index is 2720. The monoisotopic (exact) mass is 730 g/mol. The van der Waals surface area contributed by atoms with Gasteiger partial charge < -0.3 is 14.8 Å². The number of hydrogen-bond donors (Lipinski definition) is 1. The highest BCUT2D eigenvalue weighted by atomic mass is 15.4. The van der Waals surface area contributed by atoms with Gasteiger partial charge in [-0.05, 0) is 111 Å². The fraction of sp³-hybridized carbons (Fsp3) is 0.200. The van der Waals surface area contributed by atoms with Crippen molar-refractivity contribution in [3.8, 4) is 22.8 Å². The van der Waals surface area contributed by atoms with Gasteiger partial charge in [0.1, 0.15) is 17.3 Å². The smallest absolute Gasteiger partial charge is 0.145 e. The molecule has 1 aliphatic heterocycles. The molecule has 0 spiro atoms. The Kier molecular flexibility index (Phi) is 8.00. The fourth-order valence-corrected chi connectivity index (χ4v) is 9.10. The molecule has 0 saturated heterocycles. The maximum Gasteiger partial charge on any atom is 0.145 e. The molecule has 2 fully saturated rings. The number of benzene rings is 4. The molecule has 5 atom stereocenters. The zero-order chi connectivity index (χ0) is 38.0. The second-order valence-electron chi connectivity index (χ2n) is 15.7. The van der Waals surface area contributed by atoms with Crippen molar-refractivity contribution < 1.29 is 0 Å². The largest absolute Gasteiger partial charge is 0.357 e. The lowest BCUT2D eigenvalue weighted by Crippen LogP contribution is -2.42. The minimum absolute atomic E-state index is 0.267. The molecule has 4 aliphatic rings. The first-order valence-electron chi connectivity index (χ1n) is 19.8. The van der Waals surface area contributed by atoms with Crippen LogP contribution in [0, 0.1) is 17.8 Å². The number of hydrogen-bond acceptors (Lipinski definition) is 4. The Morgan fingerprint density at radius 3 is 2.32 bits per heavy atom. The third-order valence-corrected chi connectivity index (χ3v) is 12.3. The van der Waals surface area contributed by atoms with Gasteiger partial charge in [0.2, 0.25) is 0 Å². The molecule has 2 saturated carbocycles. The molecule has 56 heavy (non-hydrogen) atoms. The normalized spacial score (nSPS) is 25.1. The van der Waals surface area contributed by atoms with E-state index in [1.165, 1.54) is 6.42 Å². The van der Waals surface area contributed by atoms with E-state index in [1.54, 1.807) is 0 Å². The van der Waals surface area contributed by atoms with Crippen LogP contribution in [0.4, 0.5) is 11.4 Å². The number of nitrogens with one attached hydrogen (secondary N) is 1. The van der Waals surface area contributed by atoms with Crippen molar-refractivity contribution in [3.63, 3.8) is 0 Å². The van der Waals surface area contributed by atoms with Crippen LogP contribution in [-0.2, 0) is 11.2 Å². The molecule has 6 heteroatoms. The Morgan fingerprint density at radius 2 is 1.54 bits per heavy atom. The van der Waals surface area contributed by atoms with E-state index in [2.05, 4.69) is 204 Å². The average molecular weight is 731 g/mol. The lowest BCUT2D eigenvalue weighted by Gasteiger charge is -2.36. The van der Waals surface area contributed by atoms with Gasteiger partial charge in [0.05, 0.1) is 39.0 Å². The highest BCUT2D eigenvalue weighted by molar-refractivity contribution is 5.89. The van der Waals surface area contributed by atoms with Crippen LogP contribution >= 0.6 is 0 Å². The van der Waals surface area contributed by atoms with Crippen LogP contribution in [-0.4, -0.2) is 19.1 Å². The van der Waals surface area contributed by atoms with Crippen LogP contribution in [0.1, 0.15) is 38.7 Å². The van der Waals surface area contributed by atoms with Crippen molar-refractivity contribution in [2.24, 2.45) is 17.8 Å². The highest BCUT2D eigenvalue weighted by Gasteiger charge is 2.53. The van der Waals surface area contributed by atoms with Gasteiger partial charge in [0.15, 0.2) is 0 Å². The van der Waals surface area contributed by atoms with Gasteiger partial charge >= 0.3 is 0 Å². The number of imidazole rings is 2. The topological polar surface area (TPSA) is 50.9 Å². The van der Waals surface area contributed by atoms with Crippen molar-refractivity contribution in [2.75, 3.05) is 10.2 Å². The first-order valence-corrected chi connectivity index (χ1v) is 19.8. The van der Waals surface area contributed by atoms with Crippen LogP contribution in [0.15, 0.2) is 171 Å². The number of rotatable bonds is 10. The summed E-state index contributed by atoms with van der Waals surface area (Å²) in [4.78, 5) is 13.2. The summed E-state index contributed by atoms with van der Waals surface area (Å²) in [5.74, 6) is 3.20. The number of para-hydroxylation sites is 6. The molecule has 0 bridgehead atoms. The summed E-state index contributed by atoms with van der Waals surface area (Å²) in [5, 5.41) is 3.99. The van der Waals surface area contributed by atoms with Gasteiger partial charge in [0.25, 0.3) is 0 Å². The van der Waals surface area contributed by atoms with Crippen molar-refractivity contribution in [1.82, 2.24) is 19.1 Å². The van der Waals surface area contributed by atoms with Gasteiger partial charge in [-0.1, -0.05) is 91.1 Å². The zero-order valence-electron chi connectivity index (χ0n) is 32.0. The quantitative estimate of drug-likeness (QED) is 0.143. The van der Waals surface area contributed by atoms with Gasteiger partial charge in [0, 0.05) is 28.9 Å². The predicted octanol–water partition coefficient (Wildman–Crippen LogP) is 12.0. The van der Waals surface area contributed by atoms with E-state index < -0.39 is 5.66 Å². The lowest BCUT2D eigenvalue weighted by atomic mass is 9.94. The van der Waals surface area contributed by atoms with Gasteiger partial charge in [-0.15, -0.1) is 13.2 Å². The molecule has 2 aromatic heterocycles. The molecular formula is C50H46N6. The second kappa shape index (κ2) is 13.1. The summed E-state index contributed by atoms with van der Waals surface area (Å²) in [5.41, 5.74) is 9.63. The molecule has 0 radical (unpaired) electrons. The first kappa shape index (κ1) is 34.1. The van der Waals surface area contributed by atoms with Crippen molar-refractivity contribution >= 4 is 39.1 Å². The Labute approximate surface area is 328 Å². The Balaban J connectivity index is 1.23. The average Bonchev–Trinajstić information content (AvgIpc) is 4.06. The van der Waals surface area contributed by atoms with E-state index in [1.807, 2.05) is 0 Å². The lowest BCUT2D eigenvalue weighted by molar-refractivity contribution is 0.570. The van der Waals surface area contributed by atoms with Gasteiger partial charge in [-0.2, -0.15) is 0 Å². The summed E-state index contributed by atoms with van der Waals surface area (Å²) >= 11 is 0. The molecule has 4 aromatic carbocycles. The standard InChI is InChI=1S/C50H46N6/c1-5-18-34-29-35(34)27-28-54-44-24-15-14-23-43(44)53-49(54,4)39-31-36(47-51-41-21-12-16-25-45(41)55(47)40-19-10-8-9-11-20-40)30-37(32-39)48-52-42-22-13-17-26-46(42)56(48)50(7-3)33-38(50)6-2/h5-10,12-28,30-32,34-35,38,53H,2-3,11,29,33H2,1,4H3/b18-5-,28-27+. The minimum Gasteiger partial charge on any atom is -0.357 e. The molecule has 6 aromatic rings.